The highest BCUT2D eigenvalue weighted by Crippen LogP contribution is 2.10. The first-order chi connectivity index (χ1) is 8.16. The number of imidazole rings is 1. The number of halogens is 1. The standard InChI is InChI=1S/C10H10N4O.CH4O.ClH/c11-9-5-14(6-13-9)8-3-1-7(2-4-8)10(12)15;1-2;/h1-6H,11H2,(H2,12,15);2H,1H3;1H. The molecule has 1 aromatic carbocycles. The molecule has 98 valence electrons. The van der Waals surface area contributed by atoms with E-state index >= 15 is 0 Å². The lowest BCUT2D eigenvalue weighted by atomic mass is 10.2. The third kappa shape index (κ3) is 3.76. The molecule has 2 rings (SSSR count). The number of hydrogen-bond donors (Lipinski definition) is 3. The molecule has 0 radical (unpaired) electrons. The van der Waals surface area contributed by atoms with E-state index in [1.807, 2.05) is 0 Å². The molecule has 0 bridgehead atoms. The fourth-order valence-corrected chi connectivity index (χ4v) is 1.28. The molecule has 6 nitrogen and oxygen atoms in total. The van der Waals surface area contributed by atoms with E-state index in [9.17, 15) is 4.79 Å². The van der Waals surface area contributed by atoms with Crippen molar-refractivity contribution >= 4 is 24.1 Å². The average molecular weight is 271 g/mol. The van der Waals surface area contributed by atoms with Crippen molar-refractivity contribution in [2.75, 3.05) is 12.8 Å². The van der Waals surface area contributed by atoms with Crippen molar-refractivity contribution < 1.29 is 9.90 Å². The summed E-state index contributed by atoms with van der Waals surface area (Å²) < 4.78 is 1.76. The Balaban J connectivity index is 0.000000917. The van der Waals surface area contributed by atoms with Gasteiger partial charge in [0.05, 0.1) is 6.20 Å². The SMILES string of the molecule is CO.Cl.NC(=O)c1ccc(-n2cnc(N)c2)cc1. The summed E-state index contributed by atoms with van der Waals surface area (Å²) in [6.45, 7) is 0. The Labute approximate surface area is 111 Å². The molecule has 0 saturated heterocycles. The van der Waals surface area contributed by atoms with Crippen LogP contribution >= 0.6 is 12.4 Å². The van der Waals surface area contributed by atoms with Gasteiger partial charge in [0.25, 0.3) is 0 Å². The summed E-state index contributed by atoms with van der Waals surface area (Å²) in [6, 6.07) is 6.88. The third-order valence-corrected chi connectivity index (χ3v) is 2.05. The number of hydrogen-bond acceptors (Lipinski definition) is 4. The van der Waals surface area contributed by atoms with Gasteiger partial charge in [0.1, 0.15) is 12.1 Å². The molecule has 0 spiro atoms. The number of aliphatic hydroxyl groups excluding tert-OH is 1. The number of nitrogens with zero attached hydrogens (tertiary/aromatic N) is 2. The van der Waals surface area contributed by atoms with Crippen molar-refractivity contribution in [3.05, 3.63) is 42.4 Å². The summed E-state index contributed by atoms with van der Waals surface area (Å²) in [5.74, 6) is 0.0145. The number of nitrogen functional groups attached to an aromatic ring is 1. The summed E-state index contributed by atoms with van der Waals surface area (Å²) in [4.78, 5) is 14.7. The van der Waals surface area contributed by atoms with Crippen molar-refractivity contribution in [1.82, 2.24) is 9.55 Å². The van der Waals surface area contributed by atoms with Gasteiger partial charge in [-0.25, -0.2) is 4.98 Å². The Hall–Kier alpha value is -2.05. The molecule has 0 aliphatic rings. The summed E-state index contributed by atoms with van der Waals surface area (Å²) in [5, 5.41) is 7.00. The van der Waals surface area contributed by atoms with E-state index in [1.54, 1.807) is 41.4 Å². The fraction of sp³-hybridized carbons (Fsp3) is 0.0909. The van der Waals surface area contributed by atoms with Crippen LogP contribution in [0.1, 0.15) is 10.4 Å². The fourth-order valence-electron chi connectivity index (χ4n) is 1.28. The smallest absolute Gasteiger partial charge is 0.248 e. The normalized spacial score (nSPS) is 8.78. The van der Waals surface area contributed by atoms with Gasteiger partial charge in [-0.2, -0.15) is 0 Å². The summed E-state index contributed by atoms with van der Waals surface area (Å²) in [5.41, 5.74) is 12.0. The Kier molecular flexibility index (Phi) is 6.48. The van der Waals surface area contributed by atoms with E-state index < -0.39 is 5.91 Å². The van der Waals surface area contributed by atoms with Crippen molar-refractivity contribution in [2.45, 2.75) is 0 Å². The number of aliphatic hydroxyl groups is 1. The second-order valence-corrected chi connectivity index (χ2v) is 3.12. The molecule has 1 aromatic heterocycles. The number of rotatable bonds is 2. The van der Waals surface area contributed by atoms with Crippen LogP contribution in [0.4, 0.5) is 5.82 Å². The van der Waals surface area contributed by atoms with Gasteiger partial charge in [0.2, 0.25) is 5.91 Å². The van der Waals surface area contributed by atoms with Crippen molar-refractivity contribution in [1.29, 1.82) is 0 Å². The van der Waals surface area contributed by atoms with Crippen LogP contribution in [-0.2, 0) is 0 Å². The maximum absolute atomic E-state index is 10.8. The minimum atomic E-state index is -0.438. The Morgan fingerprint density at radius 2 is 1.83 bits per heavy atom. The van der Waals surface area contributed by atoms with Gasteiger partial charge < -0.3 is 21.1 Å². The van der Waals surface area contributed by atoms with Crippen LogP contribution in [0.5, 0.6) is 0 Å². The molecule has 0 atom stereocenters. The minimum Gasteiger partial charge on any atom is -0.400 e. The topological polar surface area (TPSA) is 107 Å². The molecule has 2 aromatic rings. The largest absolute Gasteiger partial charge is 0.400 e. The number of amides is 1. The zero-order chi connectivity index (χ0) is 12.8. The molecule has 5 N–H and O–H groups in total. The Morgan fingerprint density at radius 3 is 2.22 bits per heavy atom. The van der Waals surface area contributed by atoms with Crippen LogP contribution in [0.2, 0.25) is 0 Å². The lowest BCUT2D eigenvalue weighted by Crippen LogP contribution is -2.10. The lowest BCUT2D eigenvalue weighted by molar-refractivity contribution is 0.100. The quantitative estimate of drug-likeness (QED) is 0.742. The number of nitrogens with two attached hydrogens (primary N) is 2. The van der Waals surface area contributed by atoms with Gasteiger partial charge in [-0.1, -0.05) is 0 Å². The molecule has 0 aliphatic heterocycles. The van der Waals surface area contributed by atoms with Crippen LogP contribution in [0.25, 0.3) is 5.69 Å². The van der Waals surface area contributed by atoms with Crippen LogP contribution in [0.15, 0.2) is 36.8 Å². The maximum Gasteiger partial charge on any atom is 0.248 e. The van der Waals surface area contributed by atoms with Gasteiger partial charge >= 0.3 is 0 Å². The first-order valence-electron chi connectivity index (χ1n) is 4.81. The Bertz CT molecular complexity index is 496. The highest BCUT2D eigenvalue weighted by atomic mass is 35.5. The van der Waals surface area contributed by atoms with Crippen molar-refractivity contribution in [3.8, 4) is 5.69 Å². The number of primary amides is 1. The van der Waals surface area contributed by atoms with E-state index in [4.69, 9.17) is 16.6 Å². The second-order valence-electron chi connectivity index (χ2n) is 3.12. The first kappa shape index (κ1) is 16.0. The van der Waals surface area contributed by atoms with E-state index in [0.29, 0.717) is 11.4 Å². The van der Waals surface area contributed by atoms with E-state index in [2.05, 4.69) is 4.98 Å². The van der Waals surface area contributed by atoms with Crippen LogP contribution in [-0.4, -0.2) is 27.7 Å². The van der Waals surface area contributed by atoms with Crippen molar-refractivity contribution in [2.24, 2.45) is 5.73 Å². The number of aromatic nitrogens is 2. The zero-order valence-electron chi connectivity index (χ0n) is 9.78. The summed E-state index contributed by atoms with van der Waals surface area (Å²) in [6.07, 6.45) is 3.30. The van der Waals surface area contributed by atoms with Gasteiger partial charge in [-0.05, 0) is 24.3 Å². The molecule has 7 heteroatoms. The van der Waals surface area contributed by atoms with Gasteiger partial charge in [0.15, 0.2) is 0 Å². The molecule has 0 aliphatic carbocycles. The number of benzene rings is 1. The molecule has 0 saturated carbocycles. The lowest BCUT2D eigenvalue weighted by Gasteiger charge is -2.01. The second kappa shape index (κ2) is 7.31. The minimum absolute atomic E-state index is 0. The molecule has 0 fully saturated rings. The summed E-state index contributed by atoms with van der Waals surface area (Å²) in [7, 11) is 1.00. The maximum atomic E-state index is 10.8. The summed E-state index contributed by atoms with van der Waals surface area (Å²) >= 11 is 0. The molecular weight excluding hydrogens is 256 g/mol. The number of carbonyl (C=O) groups is 1. The van der Waals surface area contributed by atoms with Crippen molar-refractivity contribution in [3.63, 3.8) is 0 Å². The van der Waals surface area contributed by atoms with Gasteiger partial charge in [0, 0.05) is 18.4 Å². The zero-order valence-corrected chi connectivity index (χ0v) is 10.6. The number of carbonyl (C=O) groups excluding carboxylic acids is 1. The Morgan fingerprint density at radius 1 is 1.28 bits per heavy atom. The van der Waals surface area contributed by atoms with Gasteiger partial charge in [-0.15, -0.1) is 12.4 Å². The molecule has 0 unspecified atom stereocenters. The molecule has 1 heterocycles. The molecule has 18 heavy (non-hydrogen) atoms. The molecule has 1 amide bonds. The third-order valence-electron chi connectivity index (χ3n) is 2.05. The average Bonchev–Trinajstić information content (AvgIpc) is 2.79. The van der Waals surface area contributed by atoms with Crippen LogP contribution < -0.4 is 11.5 Å². The van der Waals surface area contributed by atoms with Gasteiger partial charge in [-0.3, -0.25) is 4.79 Å². The van der Waals surface area contributed by atoms with E-state index in [1.165, 1.54) is 0 Å². The predicted octanol–water partition coefficient (Wildman–Crippen LogP) is 0.584. The van der Waals surface area contributed by atoms with Crippen LogP contribution in [0, 0.1) is 0 Å². The highest BCUT2D eigenvalue weighted by molar-refractivity contribution is 5.92. The number of anilines is 1. The first-order valence-corrected chi connectivity index (χ1v) is 4.81. The van der Waals surface area contributed by atoms with E-state index in [0.717, 1.165) is 12.8 Å². The monoisotopic (exact) mass is 270 g/mol. The van der Waals surface area contributed by atoms with Crippen LogP contribution in [0.3, 0.4) is 0 Å². The molecular formula is C11H15ClN4O2. The predicted molar refractivity (Wildman–Crippen MR) is 71.9 cm³/mol. The highest BCUT2D eigenvalue weighted by Gasteiger charge is 2.01. The van der Waals surface area contributed by atoms with E-state index in [-0.39, 0.29) is 12.4 Å².